The summed E-state index contributed by atoms with van der Waals surface area (Å²) in [5, 5.41) is 9.41. The van der Waals surface area contributed by atoms with Gasteiger partial charge >= 0.3 is 18.2 Å². The summed E-state index contributed by atoms with van der Waals surface area (Å²) in [5.74, 6) is -0.137. The van der Waals surface area contributed by atoms with Gasteiger partial charge in [0.05, 0.1) is 19.3 Å². The molecule has 1 fully saturated rings. The second kappa shape index (κ2) is 13.4. The van der Waals surface area contributed by atoms with Crippen molar-refractivity contribution < 1.29 is 31.5 Å². The molecule has 4 aromatic rings. The number of aromatic nitrogens is 7. The van der Waals surface area contributed by atoms with E-state index in [1.807, 2.05) is 0 Å². The minimum absolute atomic E-state index is 0.000836. The molecule has 0 aliphatic heterocycles. The molecule has 0 atom stereocenters. The first-order valence-corrected chi connectivity index (χ1v) is 13.9. The van der Waals surface area contributed by atoms with Crippen molar-refractivity contribution >= 4 is 17.8 Å². The lowest BCUT2D eigenvalue weighted by molar-refractivity contribution is -0.138. The number of methoxy groups -OCH3 is 1. The lowest BCUT2D eigenvalue weighted by Crippen LogP contribution is -2.50. The van der Waals surface area contributed by atoms with E-state index < -0.39 is 36.6 Å². The molecule has 2 amide bonds. The van der Waals surface area contributed by atoms with E-state index in [1.54, 1.807) is 37.5 Å². The van der Waals surface area contributed by atoms with Gasteiger partial charge in [0.15, 0.2) is 5.82 Å². The molecule has 0 aromatic carbocycles. The topological polar surface area (TPSA) is 136 Å². The van der Waals surface area contributed by atoms with Gasteiger partial charge in [0, 0.05) is 54.2 Å². The first-order chi connectivity index (χ1) is 21.5. The van der Waals surface area contributed by atoms with Crippen LogP contribution in [0.25, 0.3) is 16.9 Å². The van der Waals surface area contributed by atoms with E-state index >= 15 is 0 Å². The maximum Gasteiger partial charge on any atom is 0.421 e. The number of hydrogen-bond donors (Lipinski definition) is 2. The third-order valence-corrected chi connectivity index (χ3v) is 7.17. The zero-order valence-corrected chi connectivity index (χ0v) is 24.2. The molecule has 5 rings (SSSR count). The molecule has 0 unspecified atom stereocenters. The number of nitrogens with zero attached hydrogens (tertiary/aromatic N) is 8. The monoisotopic (exact) mass is 632 g/mol. The number of rotatable bonds is 9. The van der Waals surface area contributed by atoms with Crippen LogP contribution >= 0.6 is 0 Å². The third-order valence-electron chi connectivity index (χ3n) is 7.17. The van der Waals surface area contributed by atoms with Gasteiger partial charge in [-0.15, -0.1) is 0 Å². The van der Waals surface area contributed by atoms with Gasteiger partial charge in [-0.25, -0.2) is 38.2 Å². The third kappa shape index (κ3) is 7.58. The standard InChI is InChI=1S/C28H29F5N10O2/c1-16-9-10-42(41-16)24-21(28(31,32)33)14-35-25(40-24)39-19-4-6-20(7-5-19)43(27(44)38-15-22(29)30)23-8-3-17(11-34-23)18-12-36-26(45-2)37-13-18/h3,8-14,19-20,22H,4-7,15H2,1-2H3,(H,38,44)(H,35,39,40)/t19-,20-. The molecule has 0 bridgehead atoms. The molecule has 12 nitrogen and oxygen atoms in total. The van der Waals surface area contributed by atoms with Crippen molar-refractivity contribution in [2.75, 3.05) is 23.9 Å². The van der Waals surface area contributed by atoms with Crippen LogP contribution < -0.4 is 20.3 Å². The van der Waals surface area contributed by atoms with Crippen LogP contribution in [0.2, 0.25) is 0 Å². The zero-order valence-electron chi connectivity index (χ0n) is 24.2. The quantitative estimate of drug-likeness (QED) is 0.243. The second-order valence-corrected chi connectivity index (χ2v) is 10.3. The smallest absolute Gasteiger partial charge is 0.421 e. The molecular formula is C28H29F5N10O2. The summed E-state index contributed by atoms with van der Waals surface area (Å²) in [7, 11) is 1.45. The predicted octanol–water partition coefficient (Wildman–Crippen LogP) is 5.05. The van der Waals surface area contributed by atoms with Crippen LogP contribution in [0.5, 0.6) is 6.01 Å². The lowest BCUT2D eigenvalue weighted by atomic mass is 9.90. The van der Waals surface area contributed by atoms with Gasteiger partial charge in [-0.05, 0) is 50.8 Å². The first kappa shape index (κ1) is 31.5. The van der Waals surface area contributed by atoms with E-state index in [2.05, 4.69) is 40.7 Å². The number of anilines is 2. The van der Waals surface area contributed by atoms with Crippen LogP contribution in [0.1, 0.15) is 36.9 Å². The molecule has 238 valence electrons. The number of alkyl halides is 5. The Hall–Kier alpha value is -4.96. The highest BCUT2D eigenvalue weighted by molar-refractivity contribution is 5.91. The van der Waals surface area contributed by atoms with Crippen molar-refractivity contribution in [3.63, 3.8) is 0 Å². The molecule has 4 aromatic heterocycles. The Morgan fingerprint density at radius 2 is 1.73 bits per heavy atom. The van der Waals surface area contributed by atoms with Crippen LogP contribution in [0.15, 0.2) is 49.2 Å². The largest absolute Gasteiger partial charge is 0.467 e. The molecule has 0 spiro atoms. The van der Waals surface area contributed by atoms with E-state index in [4.69, 9.17) is 4.74 Å². The summed E-state index contributed by atoms with van der Waals surface area (Å²) < 4.78 is 72.8. The zero-order chi connectivity index (χ0) is 32.1. The van der Waals surface area contributed by atoms with Gasteiger partial charge in [0.1, 0.15) is 11.4 Å². The fourth-order valence-corrected chi connectivity index (χ4v) is 4.99. The molecular weight excluding hydrogens is 603 g/mol. The van der Waals surface area contributed by atoms with E-state index in [1.165, 1.54) is 24.4 Å². The molecule has 0 radical (unpaired) electrons. The van der Waals surface area contributed by atoms with Gasteiger partial charge < -0.3 is 15.4 Å². The number of carbonyl (C=O) groups excluding carboxylic acids is 1. The van der Waals surface area contributed by atoms with E-state index in [9.17, 15) is 26.7 Å². The number of pyridine rings is 1. The lowest BCUT2D eigenvalue weighted by Gasteiger charge is -2.36. The van der Waals surface area contributed by atoms with Crippen LogP contribution in [0.4, 0.5) is 38.5 Å². The van der Waals surface area contributed by atoms with E-state index in [0.29, 0.717) is 42.5 Å². The Labute approximate surface area is 254 Å². The van der Waals surface area contributed by atoms with Gasteiger partial charge in [0.2, 0.25) is 5.95 Å². The fraction of sp³-hybridized carbons (Fsp3) is 0.393. The van der Waals surface area contributed by atoms with Crippen molar-refractivity contribution in [3.05, 3.63) is 60.4 Å². The van der Waals surface area contributed by atoms with Crippen molar-refractivity contribution in [2.24, 2.45) is 0 Å². The Morgan fingerprint density at radius 3 is 2.31 bits per heavy atom. The minimum atomic E-state index is -4.69. The van der Waals surface area contributed by atoms with Gasteiger partial charge in [-0.1, -0.05) is 0 Å². The average Bonchev–Trinajstić information content (AvgIpc) is 3.47. The average molecular weight is 633 g/mol. The van der Waals surface area contributed by atoms with Crippen LogP contribution in [0, 0.1) is 6.92 Å². The van der Waals surface area contributed by atoms with Crippen molar-refractivity contribution in [3.8, 4) is 23.0 Å². The maximum atomic E-state index is 13.7. The Bertz CT molecular complexity index is 1590. The number of nitrogens with one attached hydrogen (secondary N) is 2. The Kier molecular flexibility index (Phi) is 9.34. The summed E-state index contributed by atoms with van der Waals surface area (Å²) >= 11 is 0. The highest BCUT2D eigenvalue weighted by atomic mass is 19.4. The summed E-state index contributed by atoms with van der Waals surface area (Å²) in [6, 6.07) is 3.77. The summed E-state index contributed by atoms with van der Waals surface area (Å²) in [6.07, 6.45) is 1.21. The number of ether oxygens (including phenoxy) is 1. The fourth-order valence-electron chi connectivity index (χ4n) is 4.99. The predicted molar refractivity (Wildman–Crippen MR) is 152 cm³/mol. The Balaban J connectivity index is 1.30. The summed E-state index contributed by atoms with van der Waals surface area (Å²) in [4.78, 5) is 35.0. The van der Waals surface area contributed by atoms with Crippen LogP contribution in [0.3, 0.4) is 0 Å². The normalized spacial score (nSPS) is 16.8. The number of amides is 2. The Morgan fingerprint density at radius 1 is 1.02 bits per heavy atom. The number of carbonyl (C=O) groups is 1. The van der Waals surface area contributed by atoms with Crippen LogP contribution in [-0.2, 0) is 6.18 Å². The summed E-state index contributed by atoms with van der Waals surface area (Å²) in [5.41, 5.74) is 0.828. The number of urea groups is 1. The van der Waals surface area contributed by atoms with Gasteiger partial charge in [-0.3, -0.25) is 4.90 Å². The van der Waals surface area contributed by atoms with E-state index in [-0.39, 0.29) is 29.9 Å². The number of aryl methyl sites for hydroxylation is 1. The molecule has 45 heavy (non-hydrogen) atoms. The highest BCUT2D eigenvalue weighted by Crippen LogP contribution is 2.34. The number of hydrogen-bond acceptors (Lipinski definition) is 9. The minimum Gasteiger partial charge on any atom is -0.467 e. The molecule has 4 heterocycles. The highest BCUT2D eigenvalue weighted by Gasteiger charge is 2.37. The molecule has 1 aliphatic rings. The second-order valence-electron chi connectivity index (χ2n) is 10.3. The van der Waals surface area contributed by atoms with Crippen LogP contribution in [-0.4, -0.2) is 72.9 Å². The summed E-state index contributed by atoms with van der Waals surface area (Å²) in [6.45, 7) is 0.830. The van der Waals surface area contributed by atoms with Gasteiger partial charge in [-0.2, -0.15) is 23.3 Å². The number of halogens is 5. The van der Waals surface area contributed by atoms with Crippen molar-refractivity contribution in [1.29, 1.82) is 0 Å². The molecule has 17 heteroatoms. The maximum absolute atomic E-state index is 13.7. The molecule has 1 aliphatic carbocycles. The molecule has 1 saturated carbocycles. The SMILES string of the molecule is COc1ncc(-c2ccc(N(C(=O)NCC(F)F)[C@H]3CC[C@H](Nc4ncc(C(F)(F)F)c(-n5ccc(C)n5)n4)CC3)nc2)cn1. The van der Waals surface area contributed by atoms with Crippen molar-refractivity contribution in [2.45, 2.75) is 57.3 Å². The van der Waals surface area contributed by atoms with E-state index in [0.717, 1.165) is 10.9 Å². The molecule has 0 saturated heterocycles. The molecule has 2 N–H and O–H groups in total. The van der Waals surface area contributed by atoms with Crippen molar-refractivity contribution in [1.82, 2.24) is 40.0 Å². The first-order valence-electron chi connectivity index (χ1n) is 13.9. The van der Waals surface area contributed by atoms with Gasteiger partial charge in [0.25, 0.3) is 6.43 Å².